The average Bonchev–Trinajstić information content (AvgIpc) is 2.76. The van der Waals surface area contributed by atoms with Gasteiger partial charge in [0.1, 0.15) is 24.0 Å². The Hall–Kier alpha value is -4.08. The maximum Gasteiger partial charge on any atom is 0.407 e. The van der Waals surface area contributed by atoms with Crippen LogP contribution in [-0.4, -0.2) is 45.8 Å². The van der Waals surface area contributed by atoms with Crippen LogP contribution in [0.2, 0.25) is 0 Å². The van der Waals surface area contributed by atoms with Crippen molar-refractivity contribution in [2.75, 3.05) is 0 Å². The fraction of sp³-hybridized carbons (Fsp3) is 0.333. The lowest BCUT2D eigenvalue weighted by Crippen LogP contribution is -2.45. The van der Waals surface area contributed by atoms with E-state index in [1.165, 1.54) is 0 Å². The maximum atomic E-state index is 11.7. The van der Waals surface area contributed by atoms with Crippen LogP contribution in [0.3, 0.4) is 0 Å². The summed E-state index contributed by atoms with van der Waals surface area (Å²) in [5.74, 6) is -3.90. The van der Waals surface area contributed by atoms with E-state index in [1.54, 1.807) is 45.0 Å². The second-order valence-electron chi connectivity index (χ2n) is 8.48. The molecule has 182 valence electrons. The normalized spacial score (nSPS) is 11.7. The Morgan fingerprint density at radius 2 is 1.44 bits per heavy atom. The van der Waals surface area contributed by atoms with Gasteiger partial charge in [0.15, 0.2) is 0 Å². The molecule has 0 aromatic heterocycles. The number of nitrogens with one attached hydrogen (secondary N) is 2. The fourth-order valence-corrected chi connectivity index (χ4v) is 2.79. The average molecular weight is 472 g/mol. The number of carboxylic acid groups (broad SMARTS) is 2. The summed E-state index contributed by atoms with van der Waals surface area (Å²) >= 11 is 0. The second kappa shape index (κ2) is 11.7. The molecule has 2 amide bonds. The van der Waals surface area contributed by atoms with Crippen molar-refractivity contribution in [2.45, 2.75) is 52.0 Å². The van der Waals surface area contributed by atoms with Gasteiger partial charge in [0.2, 0.25) is 0 Å². The zero-order valence-electron chi connectivity index (χ0n) is 19.2. The molecule has 0 saturated heterocycles. The van der Waals surface area contributed by atoms with Crippen LogP contribution in [0.5, 0.6) is 5.75 Å². The molecule has 4 N–H and O–H groups in total. The van der Waals surface area contributed by atoms with Crippen LogP contribution in [0.25, 0.3) is 0 Å². The third-order valence-corrected chi connectivity index (χ3v) is 4.43. The Morgan fingerprint density at radius 1 is 0.882 bits per heavy atom. The molecule has 10 nitrogen and oxygen atoms in total. The van der Waals surface area contributed by atoms with Gasteiger partial charge in [0.05, 0.1) is 0 Å². The van der Waals surface area contributed by atoms with Crippen LogP contribution in [0.1, 0.15) is 37.5 Å². The van der Waals surface area contributed by atoms with Crippen molar-refractivity contribution in [2.24, 2.45) is 0 Å². The molecule has 2 aromatic carbocycles. The first kappa shape index (κ1) is 26.2. The van der Waals surface area contributed by atoms with E-state index in [2.05, 4.69) is 5.32 Å². The molecule has 34 heavy (non-hydrogen) atoms. The number of rotatable bonds is 9. The molecule has 2 aromatic rings. The molecule has 0 radical (unpaired) electrons. The minimum atomic E-state index is -1.75. The standard InChI is InChI=1S/C24H28N2O8/c1-24(2,3)34-23(32)25-13-16-4-6-17(7-5-16)14-33-18-10-8-15(9-11-18)12-19(21(28)29)26-20(27)22(30)31/h4-11,19H,12-14H2,1-3H3,(H,25,32)(H,26,27)(H,28,29)(H,30,31)/t19-/m1/s1. The molecule has 0 bridgehead atoms. The topological polar surface area (TPSA) is 151 Å². The molecule has 0 fully saturated rings. The molecule has 0 aliphatic carbocycles. The summed E-state index contributed by atoms with van der Waals surface area (Å²) in [6, 6.07) is 12.7. The van der Waals surface area contributed by atoms with Crippen molar-refractivity contribution >= 4 is 23.9 Å². The Morgan fingerprint density at radius 3 is 1.97 bits per heavy atom. The number of amides is 2. The van der Waals surface area contributed by atoms with Crippen molar-refractivity contribution in [3.8, 4) is 5.75 Å². The minimum Gasteiger partial charge on any atom is -0.489 e. The summed E-state index contributed by atoms with van der Waals surface area (Å²) in [6.45, 7) is 6.02. The number of carbonyl (C=O) groups is 4. The van der Waals surface area contributed by atoms with Gasteiger partial charge in [-0.25, -0.2) is 14.4 Å². The van der Waals surface area contributed by atoms with Crippen molar-refractivity contribution in [1.29, 1.82) is 0 Å². The summed E-state index contributed by atoms with van der Waals surface area (Å²) in [6.07, 6.45) is -0.560. The molecule has 10 heteroatoms. The van der Waals surface area contributed by atoms with Crippen molar-refractivity contribution in [3.63, 3.8) is 0 Å². The SMILES string of the molecule is CC(C)(C)OC(=O)NCc1ccc(COc2ccc(C[C@@H](NC(=O)C(=O)O)C(=O)O)cc2)cc1. The lowest BCUT2D eigenvalue weighted by Gasteiger charge is -2.19. The molecule has 0 spiro atoms. The molecular formula is C24H28N2O8. The monoisotopic (exact) mass is 472 g/mol. The Bertz CT molecular complexity index is 1010. The van der Waals surface area contributed by atoms with Crippen LogP contribution in [0.4, 0.5) is 4.79 Å². The van der Waals surface area contributed by atoms with Gasteiger partial charge in [-0.05, 0) is 49.6 Å². The number of aliphatic carboxylic acids is 2. The molecule has 0 unspecified atom stereocenters. The van der Waals surface area contributed by atoms with E-state index in [0.717, 1.165) is 11.1 Å². The van der Waals surface area contributed by atoms with Crippen LogP contribution >= 0.6 is 0 Å². The van der Waals surface area contributed by atoms with E-state index >= 15 is 0 Å². The predicted molar refractivity (Wildman–Crippen MR) is 121 cm³/mol. The third-order valence-electron chi connectivity index (χ3n) is 4.43. The molecule has 1 atom stereocenters. The molecule has 2 rings (SSSR count). The summed E-state index contributed by atoms with van der Waals surface area (Å²) < 4.78 is 10.9. The first-order chi connectivity index (χ1) is 15.9. The van der Waals surface area contributed by atoms with Gasteiger partial charge >= 0.3 is 23.9 Å². The Kier molecular flexibility index (Phi) is 9.00. The first-order valence-electron chi connectivity index (χ1n) is 10.5. The largest absolute Gasteiger partial charge is 0.489 e. The van der Waals surface area contributed by atoms with E-state index in [1.807, 2.05) is 29.6 Å². The van der Waals surface area contributed by atoms with Gasteiger partial charge in [-0.2, -0.15) is 0 Å². The van der Waals surface area contributed by atoms with Gasteiger partial charge < -0.3 is 30.3 Å². The maximum absolute atomic E-state index is 11.7. The third kappa shape index (κ3) is 9.19. The number of carboxylic acids is 2. The highest BCUT2D eigenvalue weighted by Gasteiger charge is 2.23. The molecular weight excluding hydrogens is 444 g/mol. The van der Waals surface area contributed by atoms with Crippen molar-refractivity contribution in [3.05, 3.63) is 65.2 Å². The highest BCUT2D eigenvalue weighted by atomic mass is 16.6. The molecule has 0 heterocycles. The number of carbonyl (C=O) groups excluding carboxylic acids is 2. The van der Waals surface area contributed by atoms with E-state index < -0.39 is 35.6 Å². The second-order valence-corrected chi connectivity index (χ2v) is 8.48. The molecule has 0 aliphatic rings. The van der Waals surface area contributed by atoms with Gasteiger partial charge in [-0.15, -0.1) is 0 Å². The first-order valence-corrected chi connectivity index (χ1v) is 10.5. The smallest absolute Gasteiger partial charge is 0.407 e. The quantitative estimate of drug-likeness (QED) is 0.406. The minimum absolute atomic E-state index is 0.0760. The number of hydrogen-bond acceptors (Lipinski definition) is 6. The summed E-state index contributed by atoms with van der Waals surface area (Å²) in [7, 11) is 0. The number of hydrogen-bond donors (Lipinski definition) is 4. The fourth-order valence-electron chi connectivity index (χ4n) is 2.79. The van der Waals surface area contributed by atoms with Gasteiger partial charge in [0, 0.05) is 13.0 Å². The van der Waals surface area contributed by atoms with Crippen LogP contribution in [0.15, 0.2) is 48.5 Å². The lowest BCUT2D eigenvalue weighted by atomic mass is 10.1. The zero-order valence-corrected chi connectivity index (χ0v) is 19.2. The van der Waals surface area contributed by atoms with Crippen molar-refractivity contribution < 1.29 is 38.9 Å². The Labute approximate surface area is 196 Å². The van der Waals surface area contributed by atoms with Crippen LogP contribution in [-0.2, 0) is 38.7 Å². The lowest BCUT2D eigenvalue weighted by molar-refractivity contribution is -0.152. The van der Waals surface area contributed by atoms with E-state index in [4.69, 9.17) is 14.6 Å². The van der Waals surface area contributed by atoms with Gasteiger partial charge in [-0.1, -0.05) is 36.4 Å². The predicted octanol–water partition coefficient (Wildman–Crippen LogP) is 2.49. The van der Waals surface area contributed by atoms with E-state index in [0.29, 0.717) is 24.5 Å². The van der Waals surface area contributed by atoms with E-state index in [9.17, 15) is 24.3 Å². The highest BCUT2D eigenvalue weighted by molar-refractivity contribution is 6.31. The summed E-state index contributed by atoms with van der Waals surface area (Å²) in [5, 5.41) is 22.5. The highest BCUT2D eigenvalue weighted by Crippen LogP contribution is 2.16. The molecule has 0 saturated carbocycles. The summed E-state index contributed by atoms with van der Waals surface area (Å²) in [5.41, 5.74) is 1.85. The zero-order chi connectivity index (χ0) is 25.3. The van der Waals surface area contributed by atoms with Gasteiger partial charge in [0.25, 0.3) is 0 Å². The van der Waals surface area contributed by atoms with Crippen molar-refractivity contribution in [1.82, 2.24) is 10.6 Å². The number of benzene rings is 2. The Balaban J connectivity index is 1.84. The van der Waals surface area contributed by atoms with Crippen LogP contribution in [0, 0.1) is 0 Å². The van der Waals surface area contributed by atoms with Gasteiger partial charge in [-0.3, -0.25) is 4.79 Å². The van der Waals surface area contributed by atoms with Crippen LogP contribution < -0.4 is 15.4 Å². The van der Waals surface area contributed by atoms with E-state index in [-0.39, 0.29) is 6.42 Å². The summed E-state index contributed by atoms with van der Waals surface area (Å²) in [4.78, 5) is 44.9. The number of alkyl carbamates (subject to hydrolysis) is 1. The molecule has 0 aliphatic heterocycles. The number of ether oxygens (including phenoxy) is 2.